The van der Waals surface area contributed by atoms with E-state index in [-0.39, 0.29) is 33.7 Å². The minimum absolute atomic E-state index is 0.0494. The lowest BCUT2D eigenvalue weighted by Crippen LogP contribution is -2.00. The second kappa shape index (κ2) is 5.27. The van der Waals surface area contributed by atoms with Gasteiger partial charge in [-0.2, -0.15) is 0 Å². The highest BCUT2D eigenvalue weighted by Gasteiger charge is 2.12. The number of benzene rings is 1. The molecule has 0 spiro atoms. The molecule has 6 heteroatoms. The van der Waals surface area contributed by atoms with Crippen LogP contribution in [-0.4, -0.2) is 22.7 Å². The molecule has 0 aliphatic rings. The Morgan fingerprint density at radius 1 is 1.42 bits per heavy atom. The van der Waals surface area contributed by atoms with E-state index < -0.39 is 10.8 Å². The highest BCUT2D eigenvalue weighted by molar-refractivity contribution is 7.87. The summed E-state index contributed by atoms with van der Waals surface area (Å²) in [6.07, 6.45) is 2.92. The van der Waals surface area contributed by atoms with Crippen molar-refractivity contribution < 1.29 is 18.5 Å². The normalized spacial score (nSPS) is 12.9. The maximum Gasteiger partial charge on any atom is 0.202 e. The lowest BCUT2D eigenvalue weighted by Gasteiger charge is -2.05. The predicted octanol–water partition coefficient (Wildman–Crippen LogP) is 1.86. The fraction of sp³-hybridized carbons (Fsp3) is 0.154. The van der Waals surface area contributed by atoms with Gasteiger partial charge in [-0.25, -0.2) is 0 Å². The molecule has 0 aliphatic carbocycles. The summed E-state index contributed by atoms with van der Waals surface area (Å²) in [5.41, 5.74) is -0.242. The third kappa shape index (κ3) is 2.68. The molecule has 0 saturated heterocycles. The number of fused-ring (bicyclic) bond motifs is 1. The number of aromatic hydroxyl groups is 1. The van der Waals surface area contributed by atoms with Gasteiger partial charge in [-0.3, -0.25) is 9.00 Å². The number of rotatable bonds is 3. The summed E-state index contributed by atoms with van der Waals surface area (Å²) in [7, 11) is 0.258. The second-order valence-corrected chi connectivity index (χ2v) is 5.08. The van der Waals surface area contributed by atoms with Crippen molar-refractivity contribution in [3.63, 3.8) is 0 Å². The van der Waals surface area contributed by atoms with Crippen LogP contribution in [0.15, 0.2) is 32.8 Å². The lowest BCUT2D eigenvalue weighted by atomic mass is 10.2. The highest BCUT2D eigenvalue weighted by atomic mass is 32.2. The van der Waals surface area contributed by atoms with E-state index in [1.807, 2.05) is 0 Å². The van der Waals surface area contributed by atoms with E-state index >= 15 is 0 Å². The Labute approximate surface area is 111 Å². The first kappa shape index (κ1) is 13.4. The summed E-state index contributed by atoms with van der Waals surface area (Å²) in [4.78, 5) is 11.9. The van der Waals surface area contributed by atoms with Crippen LogP contribution in [0.4, 0.5) is 0 Å². The van der Waals surface area contributed by atoms with Crippen LogP contribution in [0.1, 0.15) is 5.76 Å². The Kier molecular flexibility index (Phi) is 3.71. The van der Waals surface area contributed by atoms with Crippen molar-refractivity contribution in [3.8, 4) is 11.5 Å². The van der Waals surface area contributed by atoms with E-state index in [9.17, 15) is 14.1 Å². The Morgan fingerprint density at radius 2 is 2.16 bits per heavy atom. The first-order chi connectivity index (χ1) is 9.02. The van der Waals surface area contributed by atoms with E-state index in [0.29, 0.717) is 0 Å². The quantitative estimate of drug-likeness (QED) is 0.928. The molecule has 1 atom stereocenters. The summed E-state index contributed by atoms with van der Waals surface area (Å²) < 4.78 is 21.3. The van der Waals surface area contributed by atoms with Crippen LogP contribution in [-0.2, 0) is 10.8 Å². The van der Waals surface area contributed by atoms with Crippen molar-refractivity contribution in [1.82, 2.24) is 0 Å². The topological polar surface area (TPSA) is 76.7 Å². The third-order valence-electron chi connectivity index (χ3n) is 2.50. The van der Waals surface area contributed by atoms with Crippen LogP contribution < -0.4 is 10.2 Å². The van der Waals surface area contributed by atoms with Gasteiger partial charge in [0.25, 0.3) is 0 Å². The van der Waals surface area contributed by atoms with Crippen molar-refractivity contribution in [2.45, 2.75) is 0 Å². The number of ether oxygens (including phenoxy) is 1. The van der Waals surface area contributed by atoms with E-state index in [0.717, 1.165) is 0 Å². The van der Waals surface area contributed by atoms with E-state index in [1.165, 1.54) is 43.0 Å². The Balaban J connectivity index is 2.69. The van der Waals surface area contributed by atoms with Gasteiger partial charge in [0.05, 0.1) is 12.5 Å². The van der Waals surface area contributed by atoms with E-state index in [1.54, 1.807) is 0 Å². The fourth-order valence-electron chi connectivity index (χ4n) is 1.61. The molecule has 1 aromatic heterocycles. The molecule has 1 heterocycles. The Morgan fingerprint density at radius 3 is 2.79 bits per heavy atom. The van der Waals surface area contributed by atoms with Gasteiger partial charge in [0, 0.05) is 28.5 Å². The van der Waals surface area contributed by atoms with Gasteiger partial charge in [-0.1, -0.05) is 0 Å². The largest absolute Gasteiger partial charge is 0.502 e. The molecule has 2 aromatic rings. The summed E-state index contributed by atoms with van der Waals surface area (Å²) in [6.45, 7) is 0. The molecule has 100 valence electrons. The van der Waals surface area contributed by atoms with Crippen molar-refractivity contribution in [2.24, 2.45) is 0 Å². The first-order valence-electron chi connectivity index (χ1n) is 5.37. The minimum Gasteiger partial charge on any atom is -0.502 e. The van der Waals surface area contributed by atoms with Gasteiger partial charge >= 0.3 is 0 Å². The molecule has 5 nitrogen and oxygen atoms in total. The highest BCUT2D eigenvalue weighted by Crippen LogP contribution is 2.33. The zero-order valence-electron chi connectivity index (χ0n) is 10.4. The van der Waals surface area contributed by atoms with Crippen LogP contribution in [0.2, 0.25) is 0 Å². The first-order valence-corrected chi connectivity index (χ1v) is 6.99. The van der Waals surface area contributed by atoms with Crippen LogP contribution in [0.3, 0.4) is 0 Å². The van der Waals surface area contributed by atoms with Crippen molar-refractivity contribution >= 4 is 27.8 Å². The number of phenolic OH excluding ortho intramolecular Hbond substituents is 1. The zero-order valence-corrected chi connectivity index (χ0v) is 11.2. The van der Waals surface area contributed by atoms with Crippen molar-refractivity contribution in [1.29, 1.82) is 0 Å². The smallest absolute Gasteiger partial charge is 0.202 e. The average molecular weight is 280 g/mol. The monoisotopic (exact) mass is 280 g/mol. The summed E-state index contributed by atoms with van der Waals surface area (Å²) in [5.74, 6) is 0.206. The minimum atomic E-state index is -1.15. The zero-order chi connectivity index (χ0) is 14.0. The number of hydrogen-bond donors (Lipinski definition) is 1. The van der Waals surface area contributed by atoms with Gasteiger partial charge in [-0.05, 0) is 18.2 Å². The van der Waals surface area contributed by atoms with Gasteiger partial charge in [0.2, 0.25) is 5.75 Å². The Hall–Kier alpha value is -2.08. The van der Waals surface area contributed by atoms with Gasteiger partial charge in [-0.15, -0.1) is 0 Å². The molecular formula is C13H12O5S. The third-order valence-corrected chi connectivity index (χ3v) is 3.02. The number of methoxy groups -OCH3 is 1. The summed E-state index contributed by atoms with van der Waals surface area (Å²) in [5, 5.41) is 11.6. The number of hydrogen-bond acceptors (Lipinski definition) is 5. The molecular weight excluding hydrogens is 268 g/mol. The van der Waals surface area contributed by atoms with Gasteiger partial charge in [0.1, 0.15) is 5.76 Å². The number of phenols is 1. The van der Waals surface area contributed by atoms with E-state index in [4.69, 9.17) is 9.15 Å². The fourth-order valence-corrected chi connectivity index (χ4v) is 1.94. The van der Waals surface area contributed by atoms with Crippen LogP contribution in [0.25, 0.3) is 17.0 Å². The maximum atomic E-state index is 11.9. The maximum absolute atomic E-state index is 11.9. The van der Waals surface area contributed by atoms with Crippen molar-refractivity contribution in [3.05, 3.63) is 39.6 Å². The molecule has 1 N–H and O–H groups in total. The molecule has 1 unspecified atom stereocenters. The Bertz CT molecular complexity index is 730. The standard InChI is InChI=1S/C13H12O5S/c1-17-11-4-3-9-10(14)7-8(5-6-19(2)16)18-13(9)12(11)15/h3-7,15H,1-2H3. The van der Waals surface area contributed by atoms with Crippen LogP contribution >= 0.6 is 0 Å². The molecule has 0 bridgehead atoms. The van der Waals surface area contributed by atoms with Crippen molar-refractivity contribution in [2.75, 3.05) is 13.4 Å². The summed E-state index contributed by atoms with van der Waals surface area (Å²) >= 11 is 0. The molecule has 19 heavy (non-hydrogen) atoms. The lowest BCUT2D eigenvalue weighted by molar-refractivity contribution is 0.371. The second-order valence-electron chi connectivity index (χ2n) is 3.81. The predicted molar refractivity (Wildman–Crippen MR) is 73.8 cm³/mol. The SMILES string of the molecule is COc1ccc2c(=O)cc(C=CS(C)=O)oc2c1O. The molecule has 0 fully saturated rings. The van der Waals surface area contributed by atoms with Crippen LogP contribution in [0, 0.1) is 0 Å². The van der Waals surface area contributed by atoms with Gasteiger partial charge in [0.15, 0.2) is 16.8 Å². The molecule has 0 amide bonds. The average Bonchev–Trinajstić information content (AvgIpc) is 2.37. The molecule has 0 radical (unpaired) electrons. The molecule has 1 aromatic carbocycles. The molecule has 0 aliphatic heterocycles. The van der Waals surface area contributed by atoms with Gasteiger partial charge < -0.3 is 14.3 Å². The van der Waals surface area contributed by atoms with E-state index in [2.05, 4.69) is 0 Å². The summed E-state index contributed by atoms with van der Waals surface area (Å²) in [6, 6.07) is 4.29. The molecule has 0 saturated carbocycles. The van der Waals surface area contributed by atoms with Crippen LogP contribution in [0.5, 0.6) is 11.5 Å². The molecule has 2 rings (SSSR count).